The predicted molar refractivity (Wildman–Crippen MR) is 94.2 cm³/mol. The van der Waals surface area contributed by atoms with Crippen molar-refractivity contribution in [1.29, 1.82) is 0 Å². The first-order valence-electron chi connectivity index (χ1n) is 8.61. The van der Waals surface area contributed by atoms with Crippen molar-refractivity contribution in [2.75, 3.05) is 11.9 Å². The first kappa shape index (κ1) is 16.6. The van der Waals surface area contributed by atoms with Crippen molar-refractivity contribution in [1.82, 2.24) is 10.1 Å². The Hall–Kier alpha value is -2.30. The van der Waals surface area contributed by atoms with Gasteiger partial charge in [-0.2, -0.15) is 0 Å². The van der Waals surface area contributed by atoms with E-state index in [1.807, 2.05) is 30.0 Å². The largest absolute Gasteiger partial charge is 0.361 e. The molecule has 5 nitrogen and oxygen atoms in total. The molecular formula is C19H25N3O2. The smallest absolute Gasteiger partial charge is 0.322 e. The summed E-state index contributed by atoms with van der Waals surface area (Å²) < 4.78 is 5.42. The Kier molecular flexibility index (Phi) is 4.60. The van der Waals surface area contributed by atoms with Gasteiger partial charge in [0.05, 0.1) is 11.7 Å². The number of anilines is 1. The van der Waals surface area contributed by atoms with Gasteiger partial charge in [-0.05, 0) is 56.9 Å². The highest BCUT2D eigenvalue weighted by Crippen LogP contribution is 2.36. The predicted octanol–water partition coefficient (Wildman–Crippen LogP) is 4.53. The third-order valence-electron chi connectivity index (χ3n) is 4.91. The summed E-state index contributed by atoms with van der Waals surface area (Å²) in [6.45, 7) is 8.89. The van der Waals surface area contributed by atoms with Crippen molar-refractivity contribution in [3.8, 4) is 0 Å². The molecule has 24 heavy (non-hydrogen) atoms. The average Bonchev–Trinajstić information content (AvgIpc) is 3.16. The second-order valence-electron chi connectivity index (χ2n) is 6.54. The number of aromatic nitrogens is 1. The Morgan fingerprint density at radius 2 is 2.12 bits per heavy atom. The van der Waals surface area contributed by atoms with Gasteiger partial charge in [0.25, 0.3) is 0 Å². The zero-order valence-electron chi connectivity index (χ0n) is 14.8. The molecule has 128 valence electrons. The van der Waals surface area contributed by atoms with Gasteiger partial charge in [0.15, 0.2) is 0 Å². The number of rotatable bonds is 3. The van der Waals surface area contributed by atoms with Crippen LogP contribution in [0.15, 0.2) is 22.7 Å². The van der Waals surface area contributed by atoms with Crippen molar-refractivity contribution in [2.45, 2.75) is 53.0 Å². The van der Waals surface area contributed by atoms with Gasteiger partial charge in [-0.1, -0.05) is 18.1 Å². The van der Waals surface area contributed by atoms with E-state index in [4.69, 9.17) is 4.52 Å². The Morgan fingerprint density at radius 1 is 1.33 bits per heavy atom. The molecule has 0 unspecified atom stereocenters. The lowest BCUT2D eigenvalue weighted by Crippen LogP contribution is -2.34. The molecule has 0 bridgehead atoms. The van der Waals surface area contributed by atoms with E-state index >= 15 is 0 Å². The number of carbonyl (C=O) groups excluding carboxylic acids is 1. The third kappa shape index (κ3) is 3.03. The quantitative estimate of drug-likeness (QED) is 0.901. The maximum Gasteiger partial charge on any atom is 0.322 e. The molecule has 1 atom stereocenters. The SMILES string of the molecule is CCc1onc(C)c1[C@@H]1CCCN1C(=O)Nc1ccc(C)c(C)c1. The van der Waals surface area contributed by atoms with Crippen LogP contribution >= 0.6 is 0 Å². The Balaban J connectivity index is 1.81. The van der Waals surface area contributed by atoms with E-state index in [-0.39, 0.29) is 12.1 Å². The summed E-state index contributed by atoms with van der Waals surface area (Å²) in [5, 5.41) is 7.13. The number of nitrogens with zero attached hydrogens (tertiary/aromatic N) is 2. The normalized spacial score (nSPS) is 17.3. The Morgan fingerprint density at radius 3 is 2.83 bits per heavy atom. The van der Waals surface area contributed by atoms with Crippen molar-refractivity contribution in [3.05, 3.63) is 46.3 Å². The number of hydrogen-bond acceptors (Lipinski definition) is 3. The fourth-order valence-corrected chi connectivity index (χ4v) is 3.43. The van der Waals surface area contributed by atoms with E-state index in [0.29, 0.717) is 0 Å². The monoisotopic (exact) mass is 327 g/mol. The molecule has 1 aliphatic rings. The highest BCUT2D eigenvalue weighted by Gasteiger charge is 2.34. The number of urea groups is 1. The van der Waals surface area contributed by atoms with E-state index in [0.717, 1.165) is 48.5 Å². The summed E-state index contributed by atoms with van der Waals surface area (Å²) in [6.07, 6.45) is 2.74. The summed E-state index contributed by atoms with van der Waals surface area (Å²) in [7, 11) is 0. The molecule has 1 saturated heterocycles. The number of amides is 2. The lowest BCUT2D eigenvalue weighted by atomic mass is 10.0. The average molecular weight is 327 g/mol. The fourth-order valence-electron chi connectivity index (χ4n) is 3.43. The number of aryl methyl sites for hydroxylation is 4. The van der Waals surface area contributed by atoms with E-state index in [9.17, 15) is 4.79 Å². The minimum Gasteiger partial charge on any atom is -0.361 e. The molecule has 0 radical (unpaired) electrons. The molecule has 0 saturated carbocycles. The highest BCUT2D eigenvalue weighted by atomic mass is 16.5. The molecule has 2 heterocycles. The molecule has 0 aliphatic carbocycles. The zero-order valence-corrected chi connectivity index (χ0v) is 14.8. The van der Waals surface area contributed by atoms with Crippen LogP contribution in [0.2, 0.25) is 0 Å². The van der Waals surface area contributed by atoms with Gasteiger partial charge in [0.1, 0.15) is 5.76 Å². The van der Waals surface area contributed by atoms with Gasteiger partial charge in [0, 0.05) is 24.2 Å². The molecule has 1 aliphatic heterocycles. The summed E-state index contributed by atoms with van der Waals surface area (Å²) in [4.78, 5) is 14.7. The fraction of sp³-hybridized carbons (Fsp3) is 0.474. The van der Waals surface area contributed by atoms with Crippen LogP contribution in [0.5, 0.6) is 0 Å². The van der Waals surface area contributed by atoms with Crippen LogP contribution in [-0.4, -0.2) is 22.6 Å². The number of likely N-dealkylation sites (tertiary alicyclic amines) is 1. The van der Waals surface area contributed by atoms with Gasteiger partial charge < -0.3 is 14.7 Å². The first-order chi connectivity index (χ1) is 11.5. The lowest BCUT2D eigenvalue weighted by molar-refractivity contribution is 0.206. The van der Waals surface area contributed by atoms with Crippen molar-refractivity contribution in [2.24, 2.45) is 0 Å². The van der Waals surface area contributed by atoms with Crippen LogP contribution < -0.4 is 5.32 Å². The molecular weight excluding hydrogens is 302 g/mol. The Labute approximate surface area is 143 Å². The minimum atomic E-state index is -0.0524. The van der Waals surface area contributed by atoms with Crippen LogP contribution in [0.25, 0.3) is 0 Å². The number of benzene rings is 1. The van der Waals surface area contributed by atoms with E-state index in [1.165, 1.54) is 11.1 Å². The molecule has 3 rings (SSSR count). The van der Waals surface area contributed by atoms with Crippen LogP contribution in [0.3, 0.4) is 0 Å². The van der Waals surface area contributed by atoms with Gasteiger partial charge in [0.2, 0.25) is 0 Å². The first-order valence-corrected chi connectivity index (χ1v) is 8.61. The molecule has 1 aromatic heterocycles. The van der Waals surface area contributed by atoms with Gasteiger partial charge in [-0.15, -0.1) is 0 Å². The maximum absolute atomic E-state index is 12.8. The van der Waals surface area contributed by atoms with Crippen LogP contribution in [-0.2, 0) is 6.42 Å². The summed E-state index contributed by atoms with van der Waals surface area (Å²) in [5.74, 6) is 0.892. The molecule has 1 fully saturated rings. The molecule has 2 aromatic rings. The molecule has 0 spiro atoms. The molecule has 1 aromatic carbocycles. The highest BCUT2D eigenvalue weighted by molar-refractivity contribution is 5.90. The van der Waals surface area contributed by atoms with Crippen LogP contribution in [0, 0.1) is 20.8 Å². The number of hydrogen-bond donors (Lipinski definition) is 1. The van der Waals surface area contributed by atoms with Crippen LogP contribution in [0.4, 0.5) is 10.5 Å². The summed E-state index contributed by atoms with van der Waals surface area (Å²) in [6, 6.07) is 6.00. The second kappa shape index (κ2) is 6.67. The van der Waals surface area contributed by atoms with Gasteiger partial charge in [-0.25, -0.2) is 4.79 Å². The summed E-state index contributed by atoms with van der Waals surface area (Å²) >= 11 is 0. The van der Waals surface area contributed by atoms with Crippen molar-refractivity contribution >= 4 is 11.7 Å². The lowest BCUT2D eigenvalue weighted by Gasteiger charge is -2.25. The van der Waals surface area contributed by atoms with Gasteiger partial charge in [-0.3, -0.25) is 0 Å². The zero-order chi connectivity index (χ0) is 17.3. The van der Waals surface area contributed by atoms with E-state index < -0.39 is 0 Å². The summed E-state index contributed by atoms with van der Waals surface area (Å²) in [5.41, 5.74) is 5.22. The third-order valence-corrected chi connectivity index (χ3v) is 4.91. The molecule has 5 heteroatoms. The van der Waals surface area contributed by atoms with E-state index in [2.05, 4.69) is 31.2 Å². The minimum absolute atomic E-state index is 0.0524. The van der Waals surface area contributed by atoms with Crippen molar-refractivity contribution < 1.29 is 9.32 Å². The number of carbonyl (C=O) groups is 1. The number of nitrogens with one attached hydrogen (secondary N) is 1. The van der Waals surface area contributed by atoms with Crippen molar-refractivity contribution in [3.63, 3.8) is 0 Å². The maximum atomic E-state index is 12.8. The Bertz CT molecular complexity index is 751. The second-order valence-corrected chi connectivity index (χ2v) is 6.54. The van der Waals surface area contributed by atoms with Crippen LogP contribution in [0.1, 0.15) is 54.0 Å². The standard InChI is InChI=1S/C19H25N3O2/c1-5-17-18(14(4)21-24-17)16-7-6-10-22(16)19(23)20-15-9-8-12(2)13(3)11-15/h8-9,11,16H,5-7,10H2,1-4H3,(H,20,23)/t16-/m0/s1. The topological polar surface area (TPSA) is 58.4 Å². The molecule has 1 N–H and O–H groups in total. The van der Waals surface area contributed by atoms with E-state index in [1.54, 1.807) is 0 Å². The molecule has 2 amide bonds. The van der Waals surface area contributed by atoms with Gasteiger partial charge >= 0.3 is 6.03 Å².